The number of H-pyrrole nitrogens is 2. The maximum absolute atomic E-state index is 11.1. The van der Waals surface area contributed by atoms with E-state index in [1.807, 2.05) is 0 Å². The van der Waals surface area contributed by atoms with Gasteiger partial charge in [0, 0.05) is 12.1 Å². The summed E-state index contributed by atoms with van der Waals surface area (Å²) in [6.07, 6.45) is 0.807. The first kappa shape index (κ1) is 8.28. The lowest BCUT2D eigenvalue weighted by Crippen LogP contribution is -2.25. The summed E-state index contributed by atoms with van der Waals surface area (Å²) < 4.78 is 2.09. The van der Waals surface area contributed by atoms with Crippen LogP contribution in [-0.2, 0) is 13.0 Å². The summed E-state index contributed by atoms with van der Waals surface area (Å²) in [5.41, 5.74) is 1.91. The van der Waals surface area contributed by atoms with Gasteiger partial charge in [0.05, 0.1) is 12.2 Å². The average molecular weight is 203 g/mol. The molecule has 0 aromatic carbocycles. The lowest BCUT2D eigenvalue weighted by molar-refractivity contribution is 0.442. The molecule has 0 saturated carbocycles. The van der Waals surface area contributed by atoms with Crippen LogP contribution in [0.3, 0.4) is 0 Å². The van der Waals surface area contributed by atoms with Gasteiger partial charge in [-0.25, -0.2) is 4.31 Å². The zero-order valence-electron chi connectivity index (χ0n) is 6.33. The molecule has 4 nitrogen and oxygen atoms in total. The Morgan fingerprint density at radius 1 is 1.50 bits per heavy atom. The number of fused-ring (bicyclic) bond motifs is 1. The highest BCUT2D eigenvalue weighted by atomic mass is 33.1. The summed E-state index contributed by atoms with van der Waals surface area (Å²) >= 11 is 4.10. The van der Waals surface area contributed by atoms with Gasteiger partial charge in [-0.2, -0.15) is 0 Å². The van der Waals surface area contributed by atoms with Crippen molar-refractivity contribution in [3.8, 4) is 0 Å². The van der Waals surface area contributed by atoms with Gasteiger partial charge >= 0.3 is 0 Å². The van der Waals surface area contributed by atoms with Crippen LogP contribution in [-0.4, -0.2) is 21.0 Å². The SMILES string of the molecule is O=c1[nH][nH]c2c1CCN(SS)C2. The van der Waals surface area contributed by atoms with Gasteiger partial charge in [-0.3, -0.25) is 9.89 Å². The molecule has 2 rings (SSSR count). The number of rotatable bonds is 1. The smallest absolute Gasteiger partial charge is 0.267 e. The van der Waals surface area contributed by atoms with E-state index in [2.05, 4.69) is 26.2 Å². The molecule has 0 saturated heterocycles. The predicted octanol–water partition coefficient (Wildman–Crippen LogP) is 0.554. The molecule has 0 radical (unpaired) electrons. The van der Waals surface area contributed by atoms with Crippen molar-refractivity contribution in [1.29, 1.82) is 0 Å². The van der Waals surface area contributed by atoms with Crippen LogP contribution < -0.4 is 5.56 Å². The quantitative estimate of drug-likeness (QED) is 0.355. The molecule has 2 heterocycles. The standard InChI is InChI=1S/C6H9N3OS2/c10-6-4-1-2-9(12-11)3-5(4)7-8-6/h11H,1-3H2,(H2,7,8,10). The third-order valence-corrected chi connectivity index (χ3v) is 3.26. The van der Waals surface area contributed by atoms with E-state index in [0.717, 1.165) is 30.8 Å². The van der Waals surface area contributed by atoms with E-state index in [1.165, 1.54) is 11.0 Å². The molecular formula is C6H9N3OS2. The summed E-state index contributed by atoms with van der Waals surface area (Å²) in [7, 11) is 1.41. The topological polar surface area (TPSA) is 51.9 Å². The summed E-state index contributed by atoms with van der Waals surface area (Å²) in [6, 6.07) is 0. The Morgan fingerprint density at radius 2 is 2.33 bits per heavy atom. The number of nitrogens with zero attached hydrogens (tertiary/aromatic N) is 1. The average Bonchev–Trinajstić information content (AvgIpc) is 2.47. The molecule has 2 N–H and O–H groups in total. The minimum atomic E-state index is 0.0221. The summed E-state index contributed by atoms with van der Waals surface area (Å²) in [4.78, 5) is 11.1. The van der Waals surface area contributed by atoms with Crippen LogP contribution >= 0.6 is 22.6 Å². The van der Waals surface area contributed by atoms with Crippen LogP contribution in [0.2, 0.25) is 0 Å². The summed E-state index contributed by atoms with van der Waals surface area (Å²) in [5, 5.41) is 5.45. The van der Waals surface area contributed by atoms with Crippen molar-refractivity contribution in [2.75, 3.05) is 6.54 Å². The van der Waals surface area contributed by atoms with Gasteiger partial charge in [-0.15, -0.1) is 0 Å². The van der Waals surface area contributed by atoms with E-state index in [1.54, 1.807) is 0 Å². The fraction of sp³-hybridized carbons (Fsp3) is 0.500. The van der Waals surface area contributed by atoms with E-state index in [-0.39, 0.29) is 5.56 Å². The number of aromatic nitrogens is 2. The fourth-order valence-electron chi connectivity index (χ4n) is 1.38. The van der Waals surface area contributed by atoms with Crippen molar-refractivity contribution in [3.63, 3.8) is 0 Å². The van der Waals surface area contributed by atoms with Crippen LogP contribution in [0.5, 0.6) is 0 Å². The fourth-order valence-corrected chi connectivity index (χ4v) is 2.16. The molecule has 0 aliphatic carbocycles. The molecule has 1 aliphatic rings. The minimum absolute atomic E-state index is 0.0221. The second-order valence-corrected chi connectivity index (χ2v) is 3.90. The maximum Gasteiger partial charge on any atom is 0.267 e. The Kier molecular flexibility index (Phi) is 2.20. The molecule has 0 fully saturated rings. The van der Waals surface area contributed by atoms with Gasteiger partial charge in [-0.05, 0) is 17.4 Å². The molecule has 6 heteroatoms. The van der Waals surface area contributed by atoms with E-state index in [0.29, 0.717) is 0 Å². The first-order valence-electron chi connectivity index (χ1n) is 3.66. The number of aromatic amines is 2. The molecule has 1 aliphatic heterocycles. The lowest BCUT2D eigenvalue weighted by Gasteiger charge is -2.21. The zero-order chi connectivity index (χ0) is 8.55. The Labute approximate surface area is 78.7 Å². The van der Waals surface area contributed by atoms with Crippen molar-refractivity contribution >= 4 is 22.6 Å². The van der Waals surface area contributed by atoms with Crippen molar-refractivity contribution < 1.29 is 0 Å². The van der Waals surface area contributed by atoms with Gasteiger partial charge in [0.15, 0.2) is 0 Å². The first-order valence-corrected chi connectivity index (χ1v) is 5.48. The van der Waals surface area contributed by atoms with E-state index >= 15 is 0 Å². The number of nitrogens with one attached hydrogen (secondary N) is 2. The van der Waals surface area contributed by atoms with E-state index in [9.17, 15) is 4.79 Å². The molecule has 1 aromatic rings. The van der Waals surface area contributed by atoms with Crippen molar-refractivity contribution in [2.45, 2.75) is 13.0 Å². The molecule has 1 aromatic heterocycles. The Morgan fingerprint density at radius 3 is 3.08 bits per heavy atom. The number of hydrogen-bond acceptors (Lipinski definition) is 4. The third kappa shape index (κ3) is 1.30. The predicted molar refractivity (Wildman–Crippen MR) is 52.1 cm³/mol. The van der Waals surface area contributed by atoms with Gasteiger partial charge in [0.2, 0.25) is 0 Å². The summed E-state index contributed by atoms with van der Waals surface area (Å²) in [6.45, 7) is 1.66. The first-order chi connectivity index (χ1) is 5.81. The highest BCUT2D eigenvalue weighted by molar-refractivity contribution is 8.67. The van der Waals surface area contributed by atoms with Crippen molar-refractivity contribution in [1.82, 2.24) is 14.5 Å². The third-order valence-electron chi connectivity index (χ3n) is 2.03. The van der Waals surface area contributed by atoms with Crippen LogP contribution in [0.4, 0.5) is 0 Å². The number of thiol groups is 1. The molecule has 0 amide bonds. The van der Waals surface area contributed by atoms with Gasteiger partial charge in [0.1, 0.15) is 0 Å². The van der Waals surface area contributed by atoms with Gasteiger partial charge in [0.25, 0.3) is 5.56 Å². The second kappa shape index (κ2) is 3.20. The number of hydrogen-bond donors (Lipinski definition) is 3. The Hall–Kier alpha value is -0.330. The van der Waals surface area contributed by atoms with Crippen molar-refractivity contribution in [2.24, 2.45) is 0 Å². The molecule has 66 valence electrons. The minimum Gasteiger partial charge on any atom is -0.301 e. The second-order valence-electron chi connectivity index (χ2n) is 2.73. The van der Waals surface area contributed by atoms with E-state index in [4.69, 9.17) is 0 Å². The Balaban J connectivity index is 2.30. The maximum atomic E-state index is 11.1. The Bertz CT molecular complexity index is 332. The van der Waals surface area contributed by atoms with Crippen LogP contribution in [0, 0.1) is 0 Å². The normalized spacial score (nSPS) is 17.8. The molecular weight excluding hydrogens is 194 g/mol. The van der Waals surface area contributed by atoms with Gasteiger partial charge < -0.3 is 5.10 Å². The van der Waals surface area contributed by atoms with Crippen LogP contribution in [0.25, 0.3) is 0 Å². The molecule has 0 atom stereocenters. The zero-order valence-corrected chi connectivity index (χ0v) is 8.04. The van der Waals surface area contributed by atoms with Crippen LogP contribution in [0.1, 0.15) is 11.3 Å². The largest absolute Gasteiger partial charge is 0.301 e. The van der Waals surface area contributed by atoms with E-state index < -0.39 is 0 Å². The molecule has 12 heavy (non-hydrogen) atoms. The molecule has 0 spiro atoms. The summed E-state index contributed by atoms with van der Waals surface area (Å²) in [5.74, 6) is 0. The van der Waals surface area contributed by atoms with Crippen LogP contribution in [0.15, 0.2) is 4.79 Å². The lowest BCUT2D eigenvalue weighted by atomic mass is 10.1. The highest BCUT2D eigenvalue weighted by Gasteiger charge is 2.19. The highest BCUT2D eigenvalue weighted by Crippen LogP contribution is 2.22. The van der Waals surface area contributed by atoms with Crippen molar-refractivity contribution in [3.05, 3.63) is 21.6 Å². The molecule has 0 unspecified atom stereocenters. The van der Waals surface area contributed by atoms with Gasteiger partial charge in [-0.1, -0.05) is 11.7 Å². The molecule has 0 bridgehead atoms. The monoisotopic (exact) mass is 203 g/mol.